The molecule has 0 aromatic carbocycles. The lowest BCUT2D eigenvalue weighted by atomic mass is 9.83. The van der Waals surface area contributed by atoms with Crippen LogP contribution < -0.4 is 0 Å². The number of ether oxygens (including phenoxy) is 4. The molecule has 1 aromatic heterocycles. The quantitative estimate of drug-likeness (QED) is 0.320. The Morgan fingerprint density at radius 2 is 2.10 bits per heavy atom. The van der Waals surface area contributed by atoms with Gasteiger partial charge in [0, 0.05) is 19.8 Å². The van der Waals surface area contributed by atoms with Crippen molar-refractivity contribution in [2.24, 2.45) is 5.92 Å². The number of carbonyl (C=O) groups is 3. The molecule has 1 aromatic rings. The van der Waals surface area contributed by atoms with Gasteiger partial charge < -0.3 is 23.4 Å². The molecule has 8 heteroatoms. The van der Waals surface area contributed by atoms with Gasteiger partial charge in [-0.25, -0.2) is 4.79 Å². The summed E-state index contributed by atoms with van der Waals surface area (Å²) in [6.07, 6.45) is -0.277. The zero-order valence-electron chi connectivity index (χ0n) is 17.1. The molecule has 4 bridgehead atoms. The van der Waals surface area contributed by atoms with Crippen LogP contribution in [0.2, 0.25) is 0 Å². The second-order valence-electron chi connectivity index (χ2n) is 9.02. The van der Waals surface area contributed by atoms with E-state index in [2.05, 4.69) is 6.58 Å². The van der Waals surface area contributed by atoms with Crippen molar-refractivity contribution in [3.05, 3.63) is 35.3 Å². The summed E-state index contributed by atoms with van der Waals surface area (Å²) in [4.78, 5) is 36.3. The highest BCUT2D eigenvalue weighted by Gasteiger charge is 2.79. The first kappa shape index (κ1) is 19.5. The van der Waals surface area contributed by atoms with Gasteiger partial charge in [-0.15, -0.1) is 0 Å². The Hall–Kier alpha value is -2.45. The minimum atomic E-state index is -1.29. The van der Waals surface area contributed by atoms with Gasteiger partial charge in [0.15, 0.2) is 6.29 Å². The first-order valence-electron chi connectivity index (χ1n) is 10.1. The van der Waals surface area contributed by atoms with Crippen LogP contribution in [0, 0.1) is 5.92 Å². The van der Waals surface area contributed by atoms with Gasteiger partial charge in [0.25, 0.3) is 0 Å². The zero-order chi connectivity index (χ0) is 21.4. The van der Waals surface area contributed by atoms with E-state index in [9.17, 15) is 14.4 Å². The first-order chi connectivity index (χ1) is 14.2. The third-order valence-electron chi connectivity index (χ3n) is 6.75. The summed E-state index contributed by atoms with van der Waals surface area (Å²) >= 11 is 0. The maximum Gasteiger partial charge on any atom is 0.345 e. The predicted octanol–water partition coefficient (Wildman–Crippen LogP) is 2.45. The number of hydrogen-bond donors (Lipinski definition) is 0. The molecule has 8 nitrogen and oxygen atoms in total. The molecule has 0 amide bonds. The molecule has 3 saturated heterocycles. The van der Waals surface area contributed by atoms with Gasteiger partial charge in [-0.05, 0) is 32.3 Å². The van der Waals surface area contributed by atoms with Crippen LogP contribution in [0.25, 0.3) is 0 Å². The Bertz CT molecular complexity index is 962. The number of aldehydes is 1. The lowest BCUT2D eigenvalue weighted by Crippen LogP contribution is -2.42. The standard InChI is InChI=1S/C22H24O8/c1-10(2)12-5-14-13(9-23)6-15(27-14)18-21(4,29-18)8-16-19-22(30-19,20(25)28-16)17(7-12)26-11(3)24/h6,9,12,16-19H,1,5,7-8H2,2-4H3/t12?,16-,17+,18+,19-,21+,22-/m0/s1. The summed E-state index contributed by atoms with van der Waals surface area (Å²) in [5.74, 6) is -0.0990. The lowest BCUT2D eigenvalue weighted by molar-refractivity contribution is -0.165. The highest BCUT2D eigenvalue weighted by molar-refractivity contribution is 5.88. The number of furan rings is 1. The van der Waals surface area contributed by atoms with E-state index < -0.39 is 41.5 Å². The van der Waals surface area contributed by atoms with Crippen LogP contribution >= 0.6 is 0 Å². The van der Waals surface area contributed by atoms with Gasteiger partial charge in [0.1, 0.15) is 41.5 Å². The number of hydrogen-bond acceptors (Lipinski definition) is 8. The second-order valence-corrected chi connectivity index (χ2v) is 9.02. The van der Waals surface area contributed by atoms with E-state index in [0.717, 1.165) is 11.9 Å². The fourth-order valence-electron chi connectivity index (χ4n) is 4.98. The van der Waals surface area contributed by atoms with Crippen LogP contribution in [0.1, 0.15) is 61.6 Å². The number of carbonyl (C=O) groups excluding carboxylic acids is 3. The third-order valence-corrected chi connectivity index (χ3v) is 6.75. The van der Waals surface area contributed by atoms with Crippen molar-refractivity contribution in [3.8, 4) is 0 Å². The maximum atomic E-state index is 12.8. The number of epoxide rings is 2. The van der Waals surface area contributed by atoms with Crippen LogP contribution in [-0.4, -0.2) is 47.7 Å². The van der Waals surface area contributed by atoms with Gasteiger partial charge in [0.05, 0.1) is 5.56 Å². The van der Waals surface area contributed by atoms with Crippen LogP contribution in [0.3, 0.4) is 0 Å². The van der Waals surface area contributed by atoms with E-state index in [4.69, 9.17) is 23.4 Å². The van der Waals surface area contributed by atoms with E-state index in [1.807, 2.05) is 13.8 Å². The van der Waals surface area contributed by atoms with Crippen LogP contribution in [0.15, 0.2) is 22.6 Å². The molecule has 4 aliphatic heterocycles. The highest BCUT2D eigenvalue weighted by atomic mass is 16.7. The molecule has 1 unspecified atom stereocenters. The fraction of sp³-hybridized carbons (Fsp3) is 0.591. The minimum absolute atomic E-state index is 0.203. The fourth-order valence-corrected chi connectivity index (χ4v) is 4.98. The Kier molecular flexibility index (Phi) is 4.08. The molecule has 5 heterocycles. The van der Waals surface area contributed by atoms with Crippen molar-refractivity contribution < 1.29 is 37.7 Å². The zero-order valence-corrected chi connectivity index (χ0v) is 17.1. The molecule has 4 aliphatic rings. The topological polar surface area (TPSA) is 108 Å². The van der Waals surface area contributed by atoms with Crippen LogP contribution in [-0.2, 0) is 35.0 Å². The molecule has 0 saturated carbocycles. The normalized spacial score (nSPS) is 41.2. The highest BCUT2D eigenvalue weighted by Crippen LogP contribution is 2.59. The average Bonchev–Trinajstić information content (AvgIpc) is 3.49. The molecule has 7 atom stereocenters. The van der Waals surface area contributed by atoms with E-state index in [-0.39, 0.29) is 12.0 Å². The first-order valence-corrected chi connectivity index (χ1v) is 10.1. The molecular formula is C22H24O8. The largest absolute Gasteiger partial charge is 0.462 e. The number of allylic oxidation sites excluding steroid dienone is 1. The third kappa shape index (κ3) is 2.77. The van der Waals surface area contributed by atoms with Gasteiger partial charge in [0.2, 0.25) is 5.60 Å². The van der Waals surface area contributed by atoms with E-state index >= 15 is 0 Å². The van der Waals surface area contributed by atoms with Crippen molar-refractivity contribution in [1.29, 1.82) is 0 Å². The molecule has 0 radical (unpaired) electrons. The van der Waals surface area contributed by atoms with Crippen LogP contribution in [0.4, 0.5) is 0 Å². The van der Waals surface area contributed by atoms with Gasteiger partial charge in [-0.1, -0.05) is 12.2 Å². The molecule has 5 rings (SSSR count). The Balaban J connectivity index is 1.57. The second kappa shape index (κ2) is 6.28. The van der Waals surface area contributed by atoms with Crippen molar-refractivity contribution in [3.63, 3.8) is 0 Å². The summed E-state index contributed by atoms with van der Waals surface area (Å²) in [5, 5.41) is 0. The molecular weight excluding hydrogens is 392 g/mol. The van der Waals surface area contributed by atoms with Crippen molar-refractivity contribution in [1.82, 2.24) is 0 Å². The monoisotopic (exact) mass is 416 g/mol. The van der Waals surface area contributed by atoms with E-state index in [1.54, 1.807) is 6.07 Å². The minimum Gasteiger partial charge on any atom is -0.462 e. The van der Waals surface area contributed by atoms with Gasteiger partial charge in [-0.2, -0.15) is 0 Å². The Morgan fingerprint density at radius 1 is 1.33 bits per heavy atom. The summed E-state index contributed by atoms with van der Waals surface area (Å²) in [6.45, 7) is 9.13. The number of esters is 2. The molecule has 160 valence electrons. The maximum absolute atomic E-state index is 12.8. The summed E-state index contributed by atoms with van der Waals surface area (Å²) in [5.41, 5.74) is -0.606. The predicted molar refractivity (Wildman–Crippen MR) is 101 cm³/mol. The summed E-state index contributed by atoms with van der Waals surface area (Å²) < 4.78 is 29.0. The molecule has 0 spiro atoms. The van der Waals surface area contributed by atoms with Crippen molar-refractivity contribution in [2.75, 3.05) is 0 Å². The SMILES string of the molecule is C=C(C)C1Cc2oc(cc2C=O)[C@H]2O[C@]2(C)C[C@@H]2OC(=O)[C@]3(O[C@@H]23)[C@H](OC(C)=O)C1. The number of fused-ring (bicyclic) bond motifs is 4. The van der Waals surface area contributed by atoms with E-state index in [1.165, 1.54) is 6.92 Å². The van der Waals surface area contributed by atoms with Crippen LogP contribution in [0.5, 0.6) is 0 Å². The molecule has 0 aliphatic carbocycles. The Morgan fingerprint density at radius 3 is 2.73 bits per heavy atom. The summed E-state index contributed by atoms with van der Waals surface area (Å²) in [6, 6.07) is 1.71. The average molecular weight is 416 g/mol. The molecule has 0 N–H and O–H groups in total. The number of rotatable bonds is 3. The van der Waals surface area contributed by atoms with Crippen molar-refractivity contribution in [2.45, 2.75) is 75.7 Å². The molecule has 3 fully saturated rings. The van der Waals surface area contributed by atoms with E-state index in [0.29, 0.717) is 36.3 Å². The Labute approximate surface area is 173 Å². The smallest absolute Gasteiger partial charge is 0.345 e. The van der Waals surface area contributed by atoms with Crippen molar-refractivity contribution >= 4 is 18.2 Å². The lowest BCUT2D eigenvalue weighted by Gasteiger charge is -2.26. The van der Waals surface area contributed by atoms with Gasteiger partial charge in [-0.3, -0.25) is 9.59 Å². The van der Waals surface area contributed by atoms with Gasteiger partial charge >= 0.3 is 11.9 Å². The summed E-state index contributed by atoms with van der Waals surface area (Å²) in [7, 11) is 0. The molecule has 30 heavy (non-hydrogen) atoms.